The van der Waals surface area contributed by atoms with Crippen molar-refractivity contribution < 1.29 is 38.1 Å². The zero-order chi connectivity index (χ0) is 19.3. The molecule has 4 unspecified atom stereocenters. The van der Waals surface area contributed by atoms with Gasteiger partial charge in [-0.2, -0.15) is 0 Å². The summed E-state index contributed by atoms with van der Waals surface area (Å²) in [6, 6.07) is 6.45. The van der Waals surface area contributed by atoms with Gasteiger partial charge in [-0.25, -0.2) is 0 Å². The number of carbonyl (C=O) groups excluding carboxylic acids is 3. The topological polar surface area (TPSA) is 97.4 Å². The number of rotatable bonds is 5. The lowest BCUT2D eigenvalue weighted by Gasteiger charge is -2.40. The summed E-state index contributed by atoms with van der Waals surface area (Å²) in [7, 11) is 0. The first-order valence-corrected chi connectivity index (χ1v) is 8.19. The van der Waals surface area contributed by atoms with Crippen molar-refractivity contribution in [3.8, 4) is 5.75 Å². The summed E-state index contributed by atoms with van der Waals surface area (Å²) < 4.78 is 26.8. The minimum Gasteiger partial charge on any atom is -0.461 e. The third kappa shape index (κ3) is 5.60. The van der Waals surface area contributed by atoms with Crippen LogP contribution in [-0.4, -0.2) is 49.1 Å². The average Bonchev–Trinajstić information content (AvgIpc) is 2.53. The highest BCUT2D eigenvalue weighted by Gasteiger charge is 2.48. The van der Waals surface area contributed by atoms with E-state index in [9.17, 15) is 14.4 Å². The minimum atomic E-state index is -1.13. The van der Waals surface area contributed by atoms with Crippen molar-refractivity contribution in [2.45, 2.75) is 45.4 Å². The molecule has 4 atom stereocenters. The van der Waals surface area contributed by atoms with Crippen molar-refractivity contribution in [3.05, 3.63) is 29.3 Å². The average molecular weight is 387 g/mol. The number of esters is 3. The Balaban J connectivity index is 2.25. The second kappa shape index (κ2) is 8.86. The molecule has 1 aliphatic rings. The predicted octanol–water partition coefficient (Wildman–Crippen LogP) is 1.87. The summed E-state index contributed by atoms with van der Waals surface area (Å²) in [6.45, 7) is 3.50. The summed E-state index contributed by atoms with van der Waals surface area (Å²) in [5, 5.41) is 0.520. The van der Waals surface area contributed by atoms with E-state index in [2.05, 4.69) is 0 Å². The zero-order valence-electron chi connectivity index (χ0n) is 14.5. The molecule has 26 heavy (non-hydrogen) atoms. The summed E-state index contributed by atoms with van der Waals surface area (Å²) in [5.74, 6) is -1.45. The largest absolute Gasteiger partial charge is 0.461 e. The molecule has 1 aromatic rings. The Morgan fingerprint density at radius 3 is 2.00 bits per heavy atom. The van der Waals surface area contributed by atoms with Crippen LogP contribution in [-0.2, 0) is 33.3 Å². The van der Waals surface area contributed by atoms with Crippen LogP contribution in [0.25, 0.3) is 0 Å². The third-order valence-corrected chi connectivity index (χ3v) is 3.62. The maximum absolute atomic E-state index is 11.5. The van der Waals surface area contributed by atoms with Gasteiger partial charge in [0.2, 0.25) is 12.4 Å². The Kier molecular flexibility index (Phi) is 6.82. The first kappa shape index (κ1) is 20.0. The van der Waals surface area contributed by atoms with Crippen molar-refractivity contribution in [2.24, 2.45) is 0 Å². The van der Waals surface area contributed by atoms with E-state index in [4.69, 9.17) is 35.3 Å². The van der Waals surface area contributed by atoms with Gasteiger partial charge in [-0.15, -0.1) is 0 Å². The Morgan fingerprint density at radius 1 is 0.923 bits per heavy atom. The predicted molar refractivity (Wildman–Crippen MR) is 88.5 cm³/mol. The second-order valence-corrected chi connectivity index (χ2v) is 6.01. The van der Waals surface area contributed by atoms with E-state index in [0.29, 0.717) is 10.8 Å². The van der Waals surface area contributed by atoms with E-state index >= 15 is 0 Å². The fourth-order valence-corrected chi connectivity index (χ4v) is 2.58. The SMILES string of the molecule is CC(=O)OC1COC(Oc2ccc(Cl)cc2)C(OC(C)=O)C1OC(C)=O. The van der Waals surface area contributed by atoms with Crippen LogP contribution in [0.4, 0.5) is 0 Å². The molecule has 8 nitrogen and oxygen atoms in total. The molecule has 0 spiro atoms. The maximum Gasteiger partial charge on any atom is 0.303 e. The molecule has 0 saturated carbocycles. The molecule has 0 radical (unpaired) electrons. The van der Waals surface area contributed by atoms with Crippen LogP contribution in [0.3, 0.4) is 0 Å². The van der Waals surface area contributed by atoms with Gasteiger partial charge in [0.25, 0.3) is 0 Å². The van der Waals surface area contributed by atoms with Crippen molar-refractivity contribution in [3.63, 3.8) is 0 Å². The molecule has 0 bridgehead atoms. The van der Waals surface area contributed by atoms with Gasteiger partial charge in [0.15, 0.2) is 12.2 Å². The highest BCUT2D eigenvalue weighted by molar-refractivity contribution is 6.30. The number of hydrogen-bond acceptors (Lipinski definition) is 8. The number of hydrogen-bond donors (Lipinski definition) is 0. The van der Waals surface area contributed by atoms with Gasteiger partial charge in [0.05, 0.1) is 6.61 Å². The molecule has 0 amide bonds. The molecule has 1 aromatic carbocycles. The van der Waals surface area contributed by atoms with Gasteiger partial charge in [-0.3, -0.25) is 14.4 Å². The summed E-state index contributed by atoms with van der Waals surface area (Å²) in [6.07, 6.45) is -4.22. The molecule has 142 valence electrons. The van der Waals surface area contributed by atoms with E-state index in [0.717, 1.165) is 0 Å². The highest BCUT2D eigenvalue weighted by Crippen LogP contribution is 2.27. The number of carbonyl (C=O) groups is 3. The van der Waals surface area contributed by atoms with E-state index in [1.54, 1.807) is 24.3 Å². The monoisotopic (exact) mass is 386 g/mol. The molecule has 1 aliphatic heterocycles. The van der Waals surface area contributed by atoms with Crippen LogP contribution in [0.5, 0.6) is 5.75 Å². The standard InChI is InChI=1S/C17H19ClO8/c1-9(19)23-14-8-22-17(26-13-6-4-12(18)5-7-13)16(25-11(3)21)15(14)24-10(2)20/h4-7,14-17H,8H2,1-3H3. The lowest BCUT2D eigenvalue weighted by Crippen LogP contribution is -2.59. The number of halogens is 1. The van der Waals surface area contributed by atoms with Gasteiger partial charge in [-0.05, 0) is 24.3 Å². The number of ether oxygens (including phenoxy) is 5. The van der Waals surface area contributed by atoms with Crippen molar-refractivity contribution in [1.82, 2.24) is 0 Å². The second-order valence-electron chi connectivity index (χ2n) is 5.57. The summed E-state index contributed by atoms with van der Waals surface area (Å²) in [4.78, 5) is 34.3. The summed E-state index contributed by atoms with van der Waals surface area (Å²) in [5.41, 5.74) is 0. The Morgan fingerprint density at radius 2 is 1.46 bits per heavy atom. The lowest BCUT2D eigenvalue weighted by atomic mass is 10.0. The zero-order valence-corrected chi connectivity index (χ0v) is 15.2. The van der Waals surface area contributed by atoms with Crippen molar-refractivity contribution >= 4 is 29.5 Å². The van der Waals surface area contributed by atoms with E-state index in [-0.39, 0.29) is 6.61 Å². The van der Waals surface area contributed by atoms with E-state index in [1.165, 1.54) is 20.8 Å². The molecule has 0 N–H and O–H groups in total. The van der Waals surface area contributed by atoms with Crippen LogP contribution in [0, 0.1) is 0 Å². The quantitative estimate of drug-likeness (QED) is 0.558. The van der Waals surface area contributed by atoms with Crippen LogP contribution < -0.4 is 4.74 Å². The van der Waals surface area contributed by atoms with Crippen LogP contribution in [0.15, 0.2) is 24.3 Å². The lowest BCUT2D eigenvalue weighted by molar-refractivity contribution is -0.259. The summed E-state index contributed by atoms with van der Waals surface area (Å²) >= 11 is 5.84. The van der Waals surface area contributed by atoms with Crippen LogP contribution >= 0.6 is 11.6 Å². The normalized spacial score (nSPS) is 25.1. The smallest absolute Gasteiger partial charge is 0.303 e. The molecule has 2 rings (SSSR count). The van der Waals surface area contributed by atoms with Crippen molar-refractivity contribution in [2.75, 3.05) is 6.61 Å². The van der Waals surface area contributed by atoms with Gasteiger partial charge in [0.1, 0.15) is 5.75 Å². The van der Waals surface area contributed by atoms with E-state index in [1.807, 2.05) is 0 Å². The van der Waals surface area contributed by atoms with Gasteiger partial charge in [-0.1, -0.05) is 11.6 Å². The van der Waals surface area contributed by atoms with Crippen LogP contribution in [0.2, 0.25) is 5.02 Å². The first-order valence-electron chi connectivity index (χ1n) is 7.81. The maximum atomic E-state index is 11.5. The van der Waals surface area contributed by atoms with Gasteiger partial charge >= 0.3 is 17.9 Å². The third-order valence-electron chi connectivity index (χ3n) is 3.37. The fourth-order valence-electron chi connectivity index (χ4n) is 2.46. The number of benzene rings is 1. The first-order chi connectivity index (χ1) is 12.3. The molecule has 1 fully saturated rings. The van der Waals surface area contributed by atoms with Gasteiger partial charge < -0.3 is 23.7 Å². The molecule has 0 aliphatic carbocycles. The Hall–Kier alpha value is -2.32. The Labute approximate surface area is 155 Å². The molecular weight excluding hydrogens is 368 g/mol. The minimum absolute atomic E-state index is 0.104. The molecule has 1 saturated heterocycles. The van der Waals surface area contributed by atoms with E-state index < -0.39 is 42.5 Å². The van der Waals surface area contributed by atoms with Crippen LogP contribution in [0.1, 0.15) is 20.8 Å². The molecule has 1 heterocycles. The highest BCUT2D eigenvalue weighted by atomic mass is 35.5. The van der Waals surface area contributed by atoms with Gasteiger partial charge in [0, 0.05) is 25.8 Å². The van der Waals surface area contributed by atoms with Crippen molar-refractivity contribution in [1.29, 1.82) is 0 Å². The molecule has 9 heteroatoms. The molecule has 0 aromatic heterocycles. The molecular formula is C17H19ClO8. The fraction of sp³-hybridized carbons (Fsp3) is 0.471. The Bertz CT molecular complexity index is 659.